The lowest BCUT2D eigenvalue weighted by molar-refractivity contribution is 0.318. The molecule has 3 aromatic carbocycles. The molecule has 6 rings (SSSR count). The van der Waals surface area contributed by atoms with Crippen molar-refractivity contribution in [2.45, 2.75) is 26.1 Å². The molecule has 0 bridgehead atoms. The Morgan fingerprint density at radius 3 is 1.85 bits per heavy atom. The predicted molar refractivity (Wildman–Crippen MR) is 175 cm³/mol. The van der Waals surface area contributed by atoms with Gasteiger partial charge in [-0.2, -0.15) is 5.10 Å². The van der Waals surface area contributed by atoms with Gasteiger partial charge in [-0.25, -0.2) is 4.98 Å². The minimum atomic E-state index is 0.116. The fourth-order valence-electron chi connectivity index (χ4n) is 4.55. The molecule has 0 aliphatic carbocycles. The Balaban J connectivity index is 0.000000157. The highest BCUT2D eigenvalue weighted by Crippen LogP contribution is 2.15. The maximum absolute atomic E-state index is 8.54. The van der Waals surface area contributed by atoms with Gasteiger partial charge in [-0.15, -0.1) is 0 Å². The Bertz CT molecular complexity index is 1640. The van der Waals surface area contributed by atoms with Gasteiger partial charge in [0.25, 0.3) is 0 Å². The third kappa shape index (κ3) is 9.42. The summed E-state index contributed by atoms with van der Waals surface area (Å²) in [6.45, 7) is 3.36. The van der Waals surface area contributed by atoms with Crippen molar-refractivity contribution < 1.29 is 15.6 Å². The van der Waals surface area contributed by atoms with Crippen LogP contribution < -0.4 is 22.5 Å². The van der Waals surface area contributed by atoms with Crippen LogP contribution in [0, 0.1) is 0 Å². The van der Waals surface area contributed by atoms with Gasteiger partial charge in [0.1, 0.15) is 0 Å². The zero-order chi connectivity index (χ0) is 32.7. The van der Waals surface area contributed by atoms with Crippen LogP contribution in [-0.2, 0) is 26.1 Å². The molecule has 0 spiro atoms. The Hall–Kier alpha value is -6.15. The van der Waals surface area contributed by atoms with Crippen molar-refractivity contribution in [1.82, 2.24) is 24.6 Å². The number of nitrogens with one attached hydrogen (secondary N) is 1. The van der Waals surface area contributed by atoms with Gasteiger partial charge in [0, 0.05) is 54.6 Å². The molecule has 0 atom stereocenters. The Kier molecular flexibility index (Phi) is 11.8. The van der Waals surface area contributed by atoms with Crippen molar-refractivity contribution in [3.05, 3.63) is 143 Å². The molecule has 14 heteroatoms. The molecule has 0 saturated carbocycles. The van der Waals surface area contributed by atoms with Crippen molar-refractivity contribution in [2.75, 3.05) is 6.54 Å². The maximum atomic E-state index is 8.54. The van der Waals surface area contributed by atoms with E-state index in [0.717, 1.165) is 42.7 Å². The smallest absolute Gasteiger partial charge is 0.170 e. The summed E-state index contributed by atoms with van der Waals surface area (Å²) in [7, 11) is 0. The van der Waals surface area contributed by atoms with Crippen LogP contribution in [0.25, 0.3) is 0 Å². The summed E-state index contributed by atoms with van der Waals surface area (Å²) in [6.07, 6.45) is 10.1. The molecule has 1 aliphatic rings. The number of imidazole rings is 1. The first kappa shape index (κ1) is 32.8. The molecule has 0 fully saturated rings. The van der Waals surface area contributed by atoms with Gasteiger partial charge in [0.15, 0.2) is 17.5 Å². The molecule has 2 aromatic heterocycles. The molecule has 0 radical (unpaired) electrons. The quantitative estimate of drug-likeness (QED) is 0.0611. The van der Waals surface area contributed by atoms with E-state index in [0.29, 0.717) is 17.7 Å². The SMILES string of the molecule is NC(=NO)c1ccc(Cn2cccn2)cc1.NC(=NO)c1ccc(Cn2ccnc2)cc1.NC(=NO)c1ccc2c(c1)CNCC2. The highest BCUT2D eigenvalue weighted by atomic mass is 16.4. The molecule has 10 N–H and O–H groups in total. The monoisotopic (exact) mass is 623 g/mol. The summed E-state index contributed by atoms with van der Waals surface area (Å²) in [6, 6.07) is 22.8. The zero-order valence-corrected chi connectivity index (χ0v) is 25.1. The maximum Gasteiger partial charge on any atom is 0.170 e. The molecule has 0 amide bonds. The van der Waals surface area contributed by atoms with Crippen LogP contribution in [0.15, 0.2) is 119 Å². The summed E-state index contributed by atoms with van der Waals surface area (Å²) in [4.78, 5) is 3.97. The summed E-state index contributed by atoms with van der Waals surface area (Å²) < 4.78 is 3.80. The molecule has 3 heterocycles. The molecular weight excluding hydrogens is 586 g/mol. The van der Waals surface area contributed by atoms with Gasteiger partial charge in [0.05, 0.1) is 12.9 Å². The average Bonchev–Trinajstić information content (AvgIpc) is 3.83. The van der Waals surface area contributed by atoms with E-state index < -0.39 is 0 Å². The van der Waals surface area contributed by atoms with E-state index >= 15 is 0 Å². The second-order valence-electron chi connectivity index (χ2n) is 10.2. The number of fused-ring (bicyclic) bond motifs is 1. The molecule has 238 valence electrons. The second kappa shape index (κ2) is 16.6. The van der Waals surface area contributed by atoms with Gasteiger partial charge >= 0.3 is 0 Å². The van der Waals surface area contributed by atoms with Gasteiger partial charge in [-0.05, 0) is 47.4 Å². The number of benzene rings is 3. The summed E-state index contributed by atoms with van der Waals surface area (Å²) in [5, 5.41) is 41.8. The van der Waals surface area contributed by atoms with Crippen molar-refractivity contribution in [3.8, 4) is 0 Å². The van der Waals surface area contributed by atoms with Crippen molar-refractivity contribution in [3.63, 3.8) is 0 Å². The topological polar surface area (TPSA) is 224 Å². The van der Waals surface area contributed by atoms with E-state index in [1.807, 2.05) is 94.4 Å². The van der Waals surface area contributed by atoms with E-state index in [-0.39, 0.29) is 17.5 Å². The molecule has 5 aromatic rings. The summed E-state index contributed by atoms with van der Waals surface area (Å²) in [5.74, 6) is 0.401. The number of rotatable bonds is 7. The average molecular weight is 624 g/mol. The normalized spacial score (nSPS) is 13.1. The van der Waals surface area contributed by atoms with Crippen molar-refractivity contribution in [1.29, 1.82) is 0 Å². The Labute approximate surface area is 265 Å². The first-order valence-corrected chi connectivity index (χ1v) is 14.3. The minimum Gasteiger partial charge on any atom is -0.409 e. The Morgan fingerprint density at radius 1 is 0.717 bits per heavy atom. The van der Waals surface area contributed by atoms with E-state index in [1.54, 1.807) is 18.7 Å². The van der Waals surface area contributed by atoms with E-state index in [9.17, 15) is 0 Å². The van der Waals surface area contributed by atoms with Crippen LogP contribution in [-0.4, -0.2) is 59.0 Å². The fraction of sp³-hybridized carbons (Fsp3) is 0.156. The predicted octanol–water partition coefficient (Wildman–Crippen LogP) is 2.48. The van der Waals surface area contributed by atoms with Crippen LogP contribution in [0.3, 0.4) is 0 Å². The van der Waals surface area contributed by atoms with E-state index in [4.69, 9.17) is 32.8 Å². The van der Waals surface area contributed by atoms with Crippen LogP contribution in [0.2, 0.25) is 0 Å². The lowest BCUT2D eigenvalue weighted by Gasteiger charge is -2.17. The van der Waals surface area contributed by atoms with E-state index in [1.165, 1.54) is 11.1 Å². The number of aromatic nitrogens is 4. The number of oxime groups is 3. The summed E-state index contributed by atoms with van der Waals surface area (Å²) >= 11 is 0. The highest BCUT2D eigenvalue weighted by molar-refractivity contribution is 5.98. The number of nitrogens with zero attached hydrogens (tertiary/aromatic N) is 7. The van der Waals surface area contributed by atoms with Gasteiger partial charge in [-0.3, -0.25) is 4.68 Å². The van der Waals surface area contributed by atoms with Crippen molar-refractivity contribution >= 4 is 17.5 Å². The standard InChI is InChI=1S/2C11H12N4O.C10H13N3O/c12-11(14-16)10-4-2-9(3-5-10)8-15-7-1-6-13-15;12-11(14-16)10-3-1-9(2-4-10)7-15-6-5-13-8-15;11-10(13-14)8-2-1-7-3-4-12-6-9(7)5-8/h1-7,16H,8H2,(H2,12,14);1-6,8,16H,7H2,(H2,12,14);1-2,5,12,14H,3-4,6H2,(H2,11,13). The largest absolute Gasteiger partial charge is 0.409 e. The molecule has 14 nitrogen and oxygen atoms in total. The minimum absolute atomic E-state index is 0.116. The van der Waals surface area contributed by atoms with Gasteiger partial charge < -0.3 is 42.7 Å². The number of hydrogen-bond acceptors (Lipinski definition) is 9. The van der Waals surface area contributed by atoms with E-state index in [2.05, 4.69) is 30.9 Å². The molecule has 0 unspecified atom stereocenters. The Morgan fingerprint density at radius 2 is 1.30 bits per heavy atom. The molecular formula is C32H37N11O3. The third-order valence-electron chi connectivity index (χ3n) is 7.04. The third-order valence-corrected chi connectivity index (χ3v) is 7.04. The van der Waals surface area contributed by atoms with Crippen molar-refractivity contribution in [2.24, 2.45) is 32.7 Å². The fourth-order valence-corrected chi connectivity index (χ4v) is 4.55. The van der Waals surface area contributed by atoms with Crippen LogP contribution in [0.4, 0.5) is 0 Å². The number of hydrogen-bond donors (Lipinski definition) is 7. The molecule has 0 saturated heterocycles. The molecule has 46 heavy (non-hydrogen) atoms. The second-order valence-corrected chi connectivity index (χ2v) is 10.2. The van der Waals surface area contributed by atoms with Crippen LogP contribution in [0.5, 0.6) is 0 Å². The molecule has 1 aliphatic heterocycles. The summed E-state index contributed by atoms with van der Waals surface area (Å²) in [5.41, 5.74) is 23.4. The highest BCUT2D eigenvalue weighted by Gasteiger charge is 2.10. The zero-order valence-electron chi connectivity index (χ0n) is 25.1. The van der Waals surface area contributed by atoms with Gasteiger partial charge in [0.2, 0.25) is 0 Å². The lowest BCUT2D eigenvalue weighted by Crippen LogP contribution is -2.24. The number of amidine groups is 3. The van der Waals surface area contributed by atoms with Crippen LogP contribution in [0.1, 0.15) is 38.9 Å². The lowest BCUT2D eigenvalue weighted by atomic mass is 9.98. The van der Waals surface area contributed by atoms with Crippen LogP contribution >= 0.6 is 0 Å². The number of nitrogens with two attached hydrogens (primary N) is 3. The van der Waals surface area contributed by atoms with Gasteiger partial charge in [-0.1, -0.05) is 76.1 Å². The first-order chi connectivity index (χ1) is 22.4. The first-order valence-electron chi connectivity index (χ1n) is 14.3.